The molecule has 19 heavy (non-hydrogen) atoms. The zero-order chi connectivity index (χ0) is 14.0. The lowest BCUT2D eigenvalue weighted by molar-refractivity contribution is -0.141. The fourth-order valence-corrected chi connectivity index (χ4v) is 1.88. The molecule has 7 heteroatoms. The second-order valence-electron chi connectivity index (χ2n) is 4.15. The maximum Gasteiger partial charge on any atom is 0.325 e. The summed E-state index contributed by atoms with van der Waals surface area (Å²) >= 11 is 0. The smallest absolute Gasteiger partial charge is 0.325 e. The van der Waals surface area contributed by atoms with Crippen LogP contribution in [0.25, 0.3) is 0 Å². The van der Waals surface area contributed by atoms with Crippen molar-refractivity contribution in [2.75, 3.05) is 6.54 Å². The Morgan fingerprint density at radius 3 is 2.47 bits per heavy atom. The first-order valence-electron chi connectivity index (χ1n) is 5.65. The Labute approximate surface area is 109 Å². The Bertz CT molecular complexity index is 526. The third-order valence-electron chi connectivity index (χ3n) is 2.87. The molecule has 0 spiro atoms. The van der Waals surface area contributed by atoms with Crippen molar-refractivity contribution in [3.63, 3.8) is 0 Å². The van der Waals surface area contributed by atoms with Crippen LogP contribution in [-0.2, 0) is 16.1 Å². The molecule has 0 bridgehead atoms. The van der Waals surface area contributed by atoms with Gasteiger partial charge in [-0.25, -0.2) is 4.79 Å². The fraction of sp³-hybridized carbons (Fsp3) is 0.250. The summed E-state index contributed by atoms with van der Waals surface area (Å²) in [5.74, 6) is -1.80. The van der Waals surface area contributed by atoms with Gasteiger partial charge in [0.25, 0.3) is 5.91 Å². The minimum atomic E-state index is -1.23. The lowest BCUT2D eigenvalue weighted by atomic mass is 10.0. The van der Waals surface area contributed by atoms with Gasteiger partial charge in [-0.15, -0.1) is 0 Å². The molecular weight excluding hydrogens is 250 g/mol. The number of aliphatic carboxylic acids is 1. The van der Waals surface area contributed by atoms with Crippen molar-refractivity contribution in [3.8, 4) is 0 Å². The monoisotopic (exact) mass is 263 g/mol. The lowest BCUT2D eigenvalue weighted by Crippen LogP contribution is -2.35. The van der Waals surface area contributed by atoms with Crippen LogP contribution >= 0.6 is 0 Å². The first kappa shape index (κ1) is 13.0. The standard InChI is InChI=1S/C12H13N3O4/c13-5-7-1-3-8(4-2-7)10-11(18)15(6-9(16)17)12(19)14-10/h1-4,10H,5-6,13H2,(H,14,19)(H,16,17)/t10-/m1/s1. The van der Waals surface area contributed by atoms with Crippen molar-refractivity contribution in [1.82, 2.24) is 10.2 Å². The van der Waals surface area contributed by atoms with Crippen molar-refractivity contribution in [2.45, 2.75) is 12.6 Å². The summed E-state index contributed by atoms with van der Waals surface area (Å²) < 4.78 is 0. The number of carboxylic acid groups (broad SMARTS) is 1. The van der Waals surface area contributed by atoms with E-state index in [1.165, 1.54) is 0 Å². The van der Waals surface area contributed by atoms with Gasteiger partial charge in [0, 0.05) is 6.54 Å². The number of carboxylic acids is 1. The number of hydrogen-bond donors (Lipinski definition) is 3. The number of urea groups is 1. The molecule has 1 aliphatic heterocycles. The SMILES string of the molecule is NCc1ccc([C@H]2NC(=O)N(CC(=O)O)C2=O)cc1. The second-order valence-corrected chi connectivity index (χ2v) is 4.15. The molecular formula is C12H13N3O4. The van der Waals surface area contributed by atoms with E-state index in [-0.39, 0.29) is 0 Å². The van der Waals surface area contributed by atoms with E-state index >= 15 is 0 Å². The predicted octanol–water partition coefficient (Wildman–Crippen LogP) is -0.177. The molecule has 0 aliphatic carbocycles. The number of nitrogens with zero attached hydrogens (tertiary/aromatic N) is 1. The minimum Gasteiger partial charge on any atom is -0.480 e. The highest BCUT2D eigenvalue weighted by Crippen LogP contribution is 2.22. The summed E-state index contributed by atoms with van der Waals surface area (Å²) in [6, 6.07) is 5.37. The fourth-order valence-electron chi connectivity index (χ4n) is 1.88. The van der Waals surface area contributed by atoms with E-state index in [2.05, 4.69) is 5.32 Å². The molecule has 2 rings (SSSR count). The number of rotatable bonds is 4. The third-order valence-corrected chi connectivity index (χ3v) is 2.87. The van der Waals surface area contributed by atoms with E-state index in [9.17, 15) is 14.4 Å². The van der Waals surface area contributed by atoms with Gasteiger partial charge < -0.3 is 16.2 Å². The Morgan fingerprint density at radius 1 is 1.32 bits per heavy atom. The van der Waals surface area contributed by atoms with Gasteiger partial charge in [0.2, 0.25) is 0 Å². The quantitative estimate of drug-likeness (QED) is 0.652. The summed E-state index contributed by atoms with van der Waals surface area (Å²) in [5, 5.41) is 11.1. The molecule has 0 radical (unpaired) electrons. The van der Waals surface area contributed by atoms with Crippen LogP contribution < -0.4 is 11.1 Å². The molecule has 4 N–H and O–H groups in total. The van der Waals surface area contributed by atoms with Gasteiger partial charge in [-0.1, -0.05) is 24.3 Å². The van der Waals surface area contributed by atoms with Gasteiger partial charge in [-0.3, -0.25) is 14.5 Å². The number of nitrogens with one attached hydrogen (secondary N) is 1. The van der Waals surface area contributed by atoms with Crippen LogP contribution in [0.2, 0.25) is 0 Å². The zero-order valence-corrected chi connectivity index (χ0v) is 10.00. The molecule has 1 aromatic rings. The largest absolute Gasteiger partial charge is 0.480 e. The average Bonchev–Trinajstić information content (AvgIpc) is 2.66. The number of benzene rings is 1. The molecule has 7 nitrogen and oxygen atoms in total. The molecule has 0 aromatic heterocycles. The van der Waals surface area contributed by atoms with Crippen molar-refractivity contribution in [2.24, 2.45) is 5.73 Å². The Kier molecular flexibility index (Phi) is 3.48. The molecule has 1 atom stereocenters. The Morgan fingerprint density at radius 2 is 1.95 bits per heavy atom. The summed E-state index contributed by atoms with van der Waals surface area (Å²) in [7, 11) is 0. The van der Waals surface area contributed by atoms with E-state index in [4.69, 9.17) is 10.8 Å². The van der Waals surface area contributed by atoms with Crippen molar-refractivity contribution < 1.29 is 19.5 Å². The van der Waals surface area contributed by atoms with Crippen LogP contribution in [0.15, 0.2) is 24.3 Å². The first-order chi connectivity index (χ1) is 9.02. The maximum absolute atomic E-state index is 12.0. The molecule has 1 heterocycles. The van der Waals surface area contributed by atoms with E-state index in [1.807, 2.05) is 0 Å². The summed E-state index contributed by atoms with van der Waals surface area (Å²) in [6.07, 6.45) is 0. The van der Waals surface area contributed by atoms with Crippen molar-refractivity contribution in [3.05, 3.63) is 35.4 Å². The molecule has 1 fully saturated rings. The van der Waals surface area contributed by atoms with Gasteiger partial charge in [0.05, 0.1) is 0 Å². The zero-order valence-electron chi connectivity index (χ0n) is 10.00. The van der Waals surface area contributed by atoms with Gasteiger partial charge in [0.15, 0.2) is 0 Å². The van der Waals surface area contributed by atoms with Gasteiger partial charge in [-0.2, -0.15) is 0 Å². The Balaban J connectivity index is 2.19. The topological polar surface area (TPSA) is 113 Å². The number of carbonyl (C=O) groups excluding carboxylic acids is 2. The van der Waals surface area contributed by atoms with Crippen molar-refractivity contribution in [1.29, 1.82) is 0 Å². The van der Waals surface area contributed by atoms with Crippen molar-refractivity contribution >= 4 is 17.9 Å². The molecule has 3 amide bonds. The highest BCUT2D eigenvalue weighted by atomic mass is 16.4. The highest BCUT2D eigenvalue weighted by Gasteiger charge is 2.39. The third kappa shape index (κ3) is 2.55. The summed E-state index contributed by atoms with van der Waals surface area (Å²) in [5.41, 5.74) is 6.98. The highest BCUT2D eigenvalue weighted by molar-refractivity contribution is 6.06. The van der Waals surface area contributed by atoms with E-state index < -0.39 is 30.5 Å². The lowest BCUT2D eigenvalue weighted by Gasteiger charge is -2.10. The first-order valence-corrected chi connectivity index (χ1v) is 5.65. The molecule has 0 unspecified atom stereocenters. The van der Waals surface area contributed by atoms with Crippen LogP contribution in [-0.4, -0.2) is 34.5 Å². The number of hydrogen-bond acceptors (Lipinski definition) is 4. The normalized spacial score (nSPS) is 18.6. The number of amides is 3. The maximum atomic E-state index is 12.0. The molecule has 1 aromatic carbocycles. The number of carbonyl (C=O) groups is 3. The van der Waals surface area contributed by atoms with Gasteiger partial charge in [-0.05, 0) is 11.1 Å². The summed E-state index contributed by atoms with van der Waals surface area (Å²) in [6.45, 7) is -0.252. The predicted molar refractivity (Wildman–Crippen MR) is 65.0 cm³/mol. The van der Waals surface area contributed by atoms with Crippen LogP contribution in [0.3, 0.4) is 0 Å². The average molecular weight is 263 g/mol. The summed E-state index contributed by atoms with van der Waals surface area (Å²) in [4.78, 5) is 34.8. The molecule has 0 saturated carbocycles. The van der Waals surface area contributed by atoms with Crippen LogP contribution in [0, 0.1) is 0 Å². The van der Waals surface area contributed by atoms with E-state index in [1.54, 1.807) is 24.3 Å². The van der Waals surface area contributed by atoms with Gasteiger partial charge in [0.1, 0.15) is 12.6 Å². The van der Waals surface area contributed by atoms with Crippen LogP contribution in [0.1, 0.15) is 17.2 Å². The van der Waals surface area contributed by atoms with Gasteiger partial charge >= 0.3 is 12.0 Å². The van der Waals surface area contributed by atoms with E-state index in [0.717, 1.165) is 5.56 Å². The van der Waals surface area contributed by atoms with Crippen LogP contribution in [0.5, 0.6) is 0 Å². The van der Waals surface area contributed by atoms with E-state index in [0.29, 0.717) is 17.0 Å². The second kappa shape index (κ2) is 5.07. The minimum absolute atomic E-state index is 0.385. The van der Waals surface area contributed by atoms with Crippen LogP contribution in [0.4, 0.5) is 4.79 Å². The molecule has 1 saturated heterocycles. The number of nitrogens with two attached hydrogens (primary N) is 1. The number of imide groups is 1. The molecule has 1 aliphatic rings. The Hall–Kier alpha value is -2.41. The molecule has 100 valence electrons.